The molecule has 0 radical (unpaired) electrons. The van der Waals surface area contributed by atoms with Crippen molar-refractivity contribution >= 4 is 17.7 Å². The lowest BCUT2D eigenvalue weighted by atomic mass is 10.1. The van der Waals surface area contributed by atoms with E-state index in [2.05, 4.69) is 19.2 Å². The quantitative estimate of drug-likeness (QED) is 0.564. The molecular formula is C22H24F3NO3. The molecule has 0 heterocycles. The first-order chi connectivity index (χ1) is 13.7. The van der Waals surface area contributed by atoms with Crippen molar-refractivity contribution in [2.24, 2.45) is 5.92 Å². The first-order valence-corrected chi connectivity index (χ1v) is 9.17. The monoisotopic (exact) mass is 407 g/mol. The summed E-state index contributed by atoms with van der Waals surface area (Å²) >= 11 is 0. The second kappa shape index (κ2) is 10.0. The van der Waals surface area contributed by atoms with E-state index in [1.165, 1.54) is 37.5 Å². The maximum atomic E-state index is 13.0. The van der Waals surface area contributed by atoms with Crippen LogP contribution >= 0.6 is 0 Å². The van der Waals surface area contributed by atoms with Crippen molar-refractivity contribution in [1.82, 2.24) is 0 Å². The molecule has 0 saturated heterocycles. The highest BCUT2D eigenvalue weighted by Gasteiger charge is 2.33. The fourth-order valence-corrected chi connectivity index (χ4v) is 2.50. The molecule has 0 aliphatic carbocycles. The molecule has 0 aliphatic heterocycles. The third-order valence-electron chi connectivity index (χ3n) is 4.06. The van der Waals surface area contributed by atoms with E-state index < -0.39 is 17.6 Å². The summed E-state index contributed by atoms with van der Waals surface area (Å²) in [5, 5.41) is 2.26. The van der Waals surface area contributed by atoms with Crippen LogP contribution in [0.1, 0.15) is 31.4 Å². The van der Waals surface area contributed by atoms with Gasteiger partial charge in [-0.05, 0) is 48.2 Å². The van der Waals surface area contributed by atoms with Crippen LogP contribution in [0.3, 0.4) is 0 Å². The highest BCUT2D eigenvalue weighted by molar-refractivity contribution is 6.02. The van der Waals surface area contributed by atoms with E-state index >= 15 is 0 Å². The van der Waals surface area contributed by atoms with Crippen LogP contribution < -0.4 is 14.8 Å². The number of anilines is 1. The molecule has 7 heteroatoms. The second-order valence-electron chi connectivity index (χ2n) is 6.81. The lowest BCUT2D eigenvalue weighted by Gasteiger charge is -2.13. The van der Waals surface area contributed by atoms with Gasteiger partial charge in [0.25, 0.3) is 0 Å². The van der Waals surface area contributed by atoms with Gasteiger partial charge in [-0.2, -0.15) is 13.2 Å². The Morgan fingerprint density at radius 1 is 1.14 bits per heavy atom. The Morgan fingerprint density at radius 2 is 1.86 bits per heavy atom. The fraction of sp³-hybridized carbons (Fsp3) is 0.318. The predicted octanol–water partition coefficient (Wildman–Crippen LogP) is 5.79. The Morgan fingerprint density at radius 3 is 2.52 bits per heavy atom. The zero-order valence-electron chi connectivity index (χ0n) is 16.5. The van der Waals surface area contributed by atoms with Gasteiger partial charge in [0.2, 0.25) is 5.91 Å². The smallest absolute Gasteiger partial charge is 0.418 e. The summed E-state index contributed by atoms with van der Waals surface area (Å²) < 4.78 is 50.0. The van der Waals surface area contributed by atoms with Crippen molar-refractivity contribution in [1.29, 1.82) is 0 Å². The Hall–Kier alpha value is -2.96. The van der Waals surface area contributed by atoms with Crippen LogP contribution in [-0.2, 0) is 11.0 Å². The van der Waals surface area contributed by atoms with Crippen LogP contribution in [0.5, 0.6) is 11.5 Å². The van der Waals surface area contributed by atoms with Gasteiger partial charge < -0.3 is 14.8 Å². The van der Waals surface area contributed by atoms with Crippen LogP contribution in [0.4, 0.5) is 18.9 Å². The summed E-state index contributed by atoms with van der Waals surface area (Å²) in [5.41, 5.74) is -0.537. The zero-order chi connectivity index (χ0) is 21.4. The van der Waals surface area contributed by atoms with Crippen LogP contribution in [0.15, 0.2) is 48.5 Å². The summed E-state index contributed by atoms with van der Waals surface area (Å²) in [4.78, 5) is 12.1. The number of nitrogens with one attached hydrogen (secondary N) is 1. The normalized spacial score (nSPS) is 11.7. The second-order valence-corrected chi connectivity index (χ2v) is 6.81. The SMILES string of the molecule is COc1cc(C=CC(=O)Nc2ccccc2C(F)(F)F)ccc1OCCC(C)C. The lowest BCUT2D eigenvalue weighted by Crippen LogP contribution is -2.14. The van der Waals surface area contributed by atoms with Crippen molar-refractivity contribution in [3.8, 4) is 11.5 Å². The van der Waals surface area contributed by atoms with E-state index in [9.17, 15) is 18.0 Å². The van der Waals surface area contributed by atoms with Crippen molar-refractivity contribution in [2.45, 2.75) is 26.4 Å². The third-order valence-corrected chi connectivity index (χ3v) is 4.06. The van der Waals surface area contributed by atoms with Gasteiger partial charge in [-0.3, -0.25) is 4.79 Å². The molecule has 0 unspecified atom stereocenters. The number of ether oxygens (including phenoxy) is 2. The zero-order valence-corrected chi connectivity index (χ0v) is 16.5. The lowest BCUT2D eigenvalue weighted by molar-refractivity contribution is -0.136. The molecule has 2 rings (SSSR count). The molecule has 29 heavy (non-hydrogen) atoms. The minimum atomic E-state index is -4.55. The number of benzene rings is 2. The largest absolute Gasteiger partial charge is 0.493 e. The molecule has 0 spiro atoms. The molecule has 156 valence electrons. The maximum absolute atomic E-state index is 13.0. The number of amides is 1. The molecule has 2 aromatic rings. The minimum Gasteiger partial charge on any atom is -0.493 e. The molecule has 0 aliphatic rings. The summed E-state index contributed by atoms with van der Waals surface area (Å²) in [7, 11) is 1.51. The summed E-state index contributed by atoms with van der Waals surface area (Å²) in [6.07, 6.45) is -0.982. The van der Waals surface area contributed by atoms with Crippen LogP contribution in [0.25, 0.3) is 6.08 Å². The molecule has 0 aromatic heterocycles. The van der Waals surface area contributed by atoms with Crippen LogP contribution in [-0.4, -0.2) is 19.6 Å². The van der Waals surface area contributed by atoms with Crippen molar-refractivity contribution in [3.63, 3.8) is 0 Å². The van der Waals surface area contributed by atoms with E-state index in [4.69, 9.17) is 9.47 Å². The van der Waals surface area contributed by atoms with E-state index in [1.54, 1.807) is 18.2 Å². The number of hydrogen-bond acceptors (Lipinski definition) is 3. The number of halogens is 3. The van der Waals surface area contributed by atoms with Gasteiger partial charge in [-0.1, -0.05) is 32.0 Å². The standard InChI is InChI=1S/C22H24F3NO3/c1-15(2)12-13-29-19-10-8-16(14-20(19)28-3)9-11-21(27)26-18-7-5-4-6-17(18)22(23,24)25/h4-11,14-15H,12-13H2,1-3H3,(H,26,27). The Kier molecular flexibility index (Phi) is 7.70. The maximum Gasteiger partial charge on any atom is 0.418 e. The van der Waals surface area contributed by atoms with E-state index in [0.29, 0.717) is 29.6 Å². The first kappa shape index (κ1) is 22.3. The Bertz CT molecular complexity index is 861. The van der Waals surface area contributed by atoms with E-state index in [-0.39, 0.29) is 5.69 Å². The van der Waals surface area contributed by atoms with Gasteiger partial charge in [-0.15, -0.1) is 0 Å². The van der Waals surface area contributed by atoms with Crippen molar-refractivity contribution in [2.75, 3.05) is 19.0 Å². The van der Waals surface area contributed by atoms with Gasteiger partial charge in [0.05, 0.1) is 25.0 Å². The van der Waals surface area contributed by atoms with Gasteiger partial charge in [0.1, 0.15) is 0 Å². The highest BCUT2D eigenvalue weighted by Crippen LogP contribution is 2.34. The number of methoxy groups -OCH3 is 1. The number of carbonyl (C=O) groups is 1. The van der Waals surface area contributed by atoms with Gasteiger partial charge in [0.15, 0.2) is 11.5 Å². The van der Waals surface area contributed by atoms with Gasteiger partial charge in [-0.25, -0.2) is 0 Å². The number of carbonyl (C=O) groups excluding carboxylic acids is 1. The van der Waals surface area contributed by atoms with Crippen LogP contribution in [0.2, 0.25) is 0 Å². The summed E-state index contributed by atoms with van der Waals surface area (Å²) in [6.45, 7) is 4.77. The Labute approximate surface area is 168 Å². The summed E-state index contributed by atoms with van der Waals surface area (Å²) in [5.74, 6) is 0.953. The van der Waals surface area contributed by atoms with Gasteiger partial charge in [0, 0.05) is 6.08 Å². The molecule has 1 amide bonds. The molecule has 0 bridgehead atoms. The minimum absolute atomic E-state index is 0.291. The average molecular weight is 407 g/mol. The molecule has 0 atom stereocenters. The number of hydrogen-bond donors (Lipinski definition) is 1. The molecule has 0 saturated carbocycles. The van der Waals surface area contributed by atoms with Crippen molar-refractivity contribution in [3.05, 3.63) is 59.7 Å². The van der Waals surface area contributed by atoms with Gasteiger partial charge >= 0.3 is 6.18 Å². The molecule has 2 aromatic carbocycles. The predicted molar refractivity (Wildman–Crippen MR) is 107 cm³/mol. The molecule has 4 nitrogen and oxygen atoms in total. The third kappa shape index (κ3) is 6.85. The van der Waals surface area contributed by atoms with Crippen molar-refractivity contribution < 1.29 is 27.4 Å². The highest BCUT2D eigenvalue weighted by atomic mass is 19.4. The topological polar surface area (TPSA) is 47.6 Å². The molecule has 1 N–H and O–H groups in total. The fourth-order valence-electron chi connectivity index (χ4n) is 2.50. The number of alkyl halides is 3. The van der Waals surface area contributed by atoms with E-state index in [0.717, 1.165) is 12.5 Å². The number of rotatable bonds is 8. The summed E-state index contributed by atoms with van der Waals surface area (Å²) in [6, 6.07) is 9.99. The number of para-hydroxylation sites is 1. The van der Waals surface area contributed by atoms with E-state index in [1.807, 2.05) is 0 Å². The average Bonchev–Trinajstić information content (AvgIpc) is 2.66. The first-order valence-electron chi connectivity index (χ1n) is 9.17. The van der Waals surface area contributed by atoms with Crippen LogP contribution in [0, 0.1) is 5.92 Å². The molecule has 0 fully saturated rings. The molecular weight excluding hydrogens is 383 g/mol. The Balaban J connectivity index is 2.07.